The Morgan fingerprint density at radius 3 is 2.00 bits per heavy atom. The van der Waals surface area contributed by atoms with Crippen molar-refractivity contribution in [2.24, 2.45) is 0 Å². The summed E-state index contributed by atoms with van der Waals surface area (Å²) in [7, 11) is 0. The molecule has 28 heavy (non-hydrogen) atoms. The van der Waals surface area contributed by atoms with Crippen molar-refractivity contribution in [3.05, 3.63) is 65.0 Å². The summed E-state index contributed by atoms with van der Waals surface area (Å²) in [6, 6.07) is 11.9. The smallest absolute Gasteiger partial charge is 0.406 e. The van der Waals surface area contributed by atoms with Gasteiger partial charge in [0.1, 0.15) is 11.6 Å². The molecular weight excluding hydrogens is 390 g/mol. The molecule has 0 bridgehead atoms. The van der Waals surface area contributed by atoms with E-state index in [9.17, 15) is 17.6 Å². The standard InChI is InChI=1S/C11H17NS.C10H10F4O/c1-9(2)11-6-4-10(5-7-11)8-12-13-3;1-6(2)8-4-3-7(5-9(8)11)15-10(12,13)14/h4-7,9,12H,8H2,1-3H3;3-6H,1-2H3. The van der Waals surface area contributed by atoms with Crippen LogP contribution in [0.15, 0.2) is 42.5 Å². The molecule has 2 aromatic carbocycles. The molecule has 0 amide bonds. The zero-order chi connectivity index (χ0) is 21.3. The van der Waals surface area contributed by atoms with E-state index >= 15 is 0 Å². The number of nitrogens with one attached hydrogen (secondary N) is 1. The number of rotatable bonds is 6. The zero-order valence-electron chi connectivity index (χ0n) is 16.7. The minimum absolute atomic E-state index is 0.0788. The third kappa shape index (κ3) is 8.97. The van der Waals surface area contributed by atoms with Crippen LogP contribution in [0.4, 0.5) is 17.6 Å². The third-order valence-corrected chi connectivity index (χ3v) is 4.33. The lowest BCUT2D eigenvalue weighted by molar-refractivity contribution is -0.274. The Bertz CT molecular complexity index is 715. The Hall–Kier alpha value is -1.73. The molecule has 0 heterocycles. The van der Waals surface area contributed by atoms with Crippen LogP contribution in [-0.4, -0.2) is 12.6 Å². The second-order valence-corrected chi connectivity index (χ2v) is 7.50. The van der Waals surface area contributed by atoms with Gasteiger partial charge in [0.25, 0.3) is 0 Å². The van der Waals surface area contributed by atoms with Crippen LogP contribution in [0.25, 0.3) is 0 Å². The van der Waals surface area contributed by atoms with E-state index in [0.717, 1.165) is 18.7 Å². The zero-order valence-corrected chi connectivity index (χ0v) is 17.5. The van der Waals surface area contributed by atoms with E-state index in [0.29, 0.717) is 11.5 Å². The van der Waals surface area contributed by atoms with Crippen LogP contribution in [0.3, 0.4) is 0 Å². The summed E-state index contributed by atoms with van der Waals surface area (Å²) in [5.41, 5.74) is 3.12. The van der Waals surface area contributed by atoms with Crippen LogP contribution in [0, 0.1) is 5.82 Å². The van der Waals surface area contributed by atoms with Crippen molar-refractivity contribution < 1.29 is 22.3 Å². The van der Waals surface area contributed by atoms with Crippen molar-refractivity contribution in [3.63, 3.8) is 0 Å². The summed E-state index contributed by atoms with van der Waals surface area (Å²) in [5, 5.41) is 0. The van der Waals surface area contributed by atoms with Gasteiger partial charge in [-0.05, 0) is 40.8 Å². The van der Waals surface area contributed by atoms with Gasteiger partial charge in [0.05, 0.1) is 0 Å². The van der Waals surface area contributed by atoms with Gasteiger partial charge in [-0.3, -0.25) is 4.72 Å². The van der Waals surface area contributed by atoms with Gasteiger partial charge in [0.15, 0.2) is 0 Å². The predicted molar refractivity (Wildman–Crippen MR) is 108 cm³/mol. The minimum atomic E-state index is -4.79. The number of halogens is 4. The molecule has 0 aliphatic heterocycles. The molecule has 0 atom stereocenters. The van der Waals surface area contributed by atoms with Crippen molar-refractivity contribution in [2.45, 2.75) is 52.4 Å². The lowest BCUT2D eigenvalue weighted by Crippen LogP contribution is -2.17. The van der Waals surface area contributed by atoms with Crippen molar-refractivity contribution in [3.8, 4) is 5.75 Å². The first-order valence-electron chi connectivity index (χ1n) is 8.93. The molecule has 7 heteroatoms. The van der Waals surface area contributed by atoms with Gasteiger partial charge in [0, 0.05) is 12.6 Å². The highest BCUT2D eigenvalue weighted by Gasteiger charge is 2.31. The molecule has 0 radical (unpaired) electrons. The van der Waals surface area contributed by atoms with E-state index in [4.69, 9.17) is 0 Å². The highest BCUT2D eigenvalue weighted by molar-refractivity contribution is 7.96. The van der Waals surface area contributed by atoms with E-state index in [2.05, 4.69) is 47.6 Å². The number of ether oxygens (including phenoxy) is 1. The second-order valence-electron chi connectivity index (χ2n) is 6.81. The summed E-state index contributed by atoms with van der Waals surface area (Å²) in [6.45, 7) is 8.88. The van der Waals surface area contributed by atoms with E-state index in [1.807, 2.05) is 6.26 Å². The van der Waals surface area contributed by atoms with Gasteiger partial charge >= 0.3 is 6.36 Å². The Morgan fingerprint density at radius 2 is 1.57 bits per heavy atom. The van der Waals surface area contributed by atoms with Crippen molar-refractivity contribution in [1.29, 1.82) is 0 Å². The SMILES string of the molecule is CC(C)c1ccc(OC(F)(F)F)cc1F.CSNCc1ccc(C(C)C)cc1. The van der Waals surface area contributed by atoms with E-state index in [1.54, 1.807) is 25.8 Å². The topological polar surface area (TPSA) is 21.3 Å². The molecule has 0 saturated carbocycles. The predicted octanol–water partition coefficient (Wildman–Crippen LogP) is 7.03. The maximum atomic E-state index is 13.2. The number of alkyl halides is 3. The molecule has 0 saturated heterocycles. The number of hydrogen-bond acceptors (Lipinski definition) is 3. The Labute approximate surface area is 168 Å². The summed E-state index contributed by atoms with van der Waals surface area (Å²) in [5.74, 6) is -0.677. The van der Waals surface area contributed by atoms with Crippen molar-refractivity contribution in [1.82, 2.24) is 4.72 Å². The van der Waals surface area contributed by atoms with Gasteiger partial charge in [0.2, 0.25) is 0 Å². The van der Waals surface area contributed by atoms with Crippen molar-refractivity contribution >= 4 is 11.9 Å². The van der Waals surface area contributed by atoms with E-state index in [1.165, 1.54) is 17.2 Å². The average Bonchev–Trinajstić information content (AvgIpc) is 2.59. The van der Waals surface area contributed by atoms with Crippen molar-refractivity contribution in [2.75, 3.05) is 6.26 Å². The molecule has 0 aliphatic carbocycles. The fourth-order valence-electron chi connectivity index (χ4n) is 2.35. The molecule has 2 aromatic rings. The van der Waals surface area contributed by atoms with E-state index < -0.39 is 17.9 Å². The van der Waals surface area contributed by atoms with Crippen LogP contribution in [0.1, 0.15) is 56.2 Å². The first-order valence-corrected chi connectivity index (χ1v) is 10.2. The average molecular weight is 418 g/mol. The fourth-order valence-corrected chi connectivity index (χ4v) is 2.66. The molecule has 0 unspecified atom stereocenters. The quantitative estimate of drug-likeness (QED) is 0.403. The van der Waals surface area contributed by atoms with E-state index in [-0.39, 0.29) is 5.92 Å². The maximum absolute atomic E-state index is 13.2. The van der Waals surface area contributed by atoms with Crippen LogP contribution >= 0.6 is 11.9 Å². The monoisotopic (exact) mass is 417 g/mol. The number of benzene rings is 2. The normalized spacial score (nSPS) is 11.4. The highest BCUT2D eigenvalue weighted by atomic mass is 32.2. The molecular formula is C21H27F4NOS. The van der Waals surface area contributed by atoms with Crippen LogP contribution in [0.2, 0.25) is 0 Å². The molecule has 0 aromatic heterocycles. The molecule has 0 fully saturated rings. The maximum Gasteiger partial charge on any atom is 0.573 e. The molecule has 156 valence electrons. The highest BCUT2D eigenvalue weighted by Crippen LogP contribution is 2.27. The Morgan fingerprint density at radius 1 is 0.964 bits per heavy atom. The fraction of sp³-hybridized carbons (Fsp3) is 0.429. The summed E-state index contributed by atoms with van der Waals surface area (Å²) >= 11 is 1.66. The van der Waals surface area contributed by atoms with Gasteiger partial charge in [-0.1, -0.05) is 70.0 Å². The molecule has 0 spiro atoms. The summed E-state index contributed by atoms with van der Waals surface area (Å²) in [6.07, 6.45) is -2.74. The Balaban J connectivity index is 0.000000283. The third-order valence-electron chi connectivity index (χ3n) is 3.89. The second kappa shape index (κ2) is 11.3. The molecule has 2 rings (SSSR count). The molecule has 1 N–H and O–H groups in total. The molecule has 2 nitrogen and oxygen atoms in total. The first kappa shape index (κ1) is 24.3. The lowest BCUT2D eigenvalue weighted by Gasteiger charge is -2.11. The first-order chi connectivity index (χ1) is 13.0. The minimum Gasteiger partial charge on any atom is -0.406 e. The van der Waals surface area contributed by atoms with Gasteiger partial charge in [-0.15, -0.1) is 13.2 Å². The largest absolute Gasteiger partial charge is 0.573 e. The lowest BCUT2D eigenvalue weighted by atomic mass is 10.0. The van der Waals surface area contributed by atoms with Gasteiger partial charge in [-0.2, -0.15) is 0 Å². The van der Waals surface area contributed by atoms with Crippen LogP contribution in [0.5, 0.6) is 5.75 Å². The molecule has 0 aliphatic rings. The van der Waals surface area contributed by atoms with Crippen LogP contribution < -0.4 is 9.46 Å². The van der Waals surface area contributed by atoms with Crippen LogP contribution in [-0.2, 0) is 6.54 Å². The van der Waals surface area contributed by atoms with Gasteiger partial charge < -0.3 is 4.74 Å². The number of hydrogen-bond donors (Lipinski definition) is 1. The Kier molecular flexibility index (Phi) is 9.82. The summed E-state index contributed by atoms with van der Waals surface area (Å²) < 4.78 is 55.4. The summed E-state index contributed by atoms with van der Waals surface area (Å²) in [4.78, 5) is 0. The van der Waals surface area contributed by atoms with Gasteiger partial charge in [-0.25, -0.2) is 4.39 Å².